The minimum atomic E-state index is -1.26. The van der Waals surface area contributed by atoms with Gasteiger partial charge in [0.05, 0.1) is 57.0 Å². The SMILES string of the molecule is C=CC1=C(C)c2nc1c(C(=O)[C@@H](N)CCC(N)=O)c1[nH]c(cc3nc(cc4[nH]c(c(C=C)c4C)c2C(=O)[C@@H](N)CCC(N)=O)C(C)=C3CCC(=O)O)c(CCC(=O)O)c1C. The number of nitrogens with one attached hydrogen (secondary N) is 2. The monoisotopic (exact) mass is 818 g/mol. The molecule has 3 aromatic rings. The Morgan fingerprint density at radius 1 is 0.683 bits per heavy atom. The van der Waals surface area contributed by atoms with Gasteiger partial charge in [0, 0.05) is 47.9 Å². The number of nitrogens with zero attached hydrogens (tertiary/aromatic N) is 2. The van der Waals surface area contributed by atoms with Crippen molar-refractivity contribution in [3.05, 3.63) is 87.5 Å². The van der Waals surface area contributed by atoms with Crippen molar-refractivity contribution < 1.29 is 39.0 Å². The molecule has 2 aliphatic heterocycles. The first-order valence-corrected chi connectivity index (χ1v) is 19.4. The van der Waals surface area contributed by atoms with Crippen LogP contribution in [0.4, 0.5) is 0 Å². The molecular weight excluding hydrogens is 769 g/mol. The Labute approximate surface area is 345 Å². The summed E-state index contributed by atoms with van der Waals surface area (Å²) in [5.74, 6) is -4.63. The molecule has 0 saturated heterocycles. The number of carboxylic acid groups (broad SMARTS) is 2. The summed E-state index contributed by atoms with van der Waals surface area (Å²) in [5, 5.41) is 19.5. The van der Waals surface area contributed by atoms with E-state index in [0.29, 0.717) is 72.5 Å². The van der Waals surface area contributed by atoms with Crippen molar-refractivity contribution in [3.8, 4) is 0 Å². The first-order valence-electron chi connectivity index (χ1n) is 19.4. The predicted octanol–water partition coefficient (Wildman–Crippen LogP) is 5.06. The molecule has 8 bridgehead atoms. The number of carbonyl (C=O) groups excluding carboxylic acids is 4. The number of hydrogen-bond acceptors (Lipinski definition) is 10. The summed E-state index contributed by atoms with van der Waals surface area (Å²) in [7, 11) is 0. The van der Waals surface area contributed by atoms with Crippen molar-refractivity contribution in [1.29, 1.82) is 0 Å². The van der Waals surface area contributed by atoms with Crippen LogP contribution in [0.15, 0.2) is 31.4 Å². The Kier molecular flexibility index (Phi) is 13.3. The van der Waals surface area contributed by atoms with Gasteiger partial charge in [0.2, 0.25) is 11.8 Å². The van der Waals surface area contributed by atoms with Crippen LogP contribution in [-0.4, -0.2) is 77.6 Å². The number of fused-ring (bicyclic) bond motifs is 8. The van der Waals surface area contributed by atoms with Crippen LogP contribution >= 0.6 is 0 Å². The standard InChI is InChI=1S/C44H50N8O8/c1-7-23-19(3)30-17-29-20(4)25(9-15-35(55)56)31(49-29)18-32-26(10-16-36(57)58)22(6)39(51-32)37(43(59)27(45)11-13-33(47)53)42-24(8-2)21(5)40(52-42)38(41(23)50-30)44(60)28(46)12-14-34(48)54/h7-8,17-18,27-28,50-51H,1-2,9-16,45-46H2,3-6H3,(H2,47,53)(H2,48,54)(H,55,56)(H,57,58)/t27-,28-/m0/s1. The molecule has 2 amide bonds. The zero-order chi connectivity index (χ0) is 44.3. The topological polar surface area (TPSA) is 304 Å². The minimum absolute atomic E-state index is 0.0268. The Hall–Kier alpha value is -6.78. The fourth-order valence-corrected chi connectivity index (χ4v) is 7.71. The number of ketones is 2. The van der Waals surface area contributed by atoms with Gasteiger partial charge in [-0.25, -0.2) is 9.97 Å². The molecule has 2 atom stereocenters. The summed E-state index contributed by atoms with van der Waals surface area (Å²) in [4.78, 5) is 93.7. The van der Waals surface area contributed by atoms with Crippen molar-refractivity contribution in [3.63, 3.8) is 0 Å². The van der Waals surface area contributed by atoms with E-state index >= 15 is 0 Å². The van der Waals surface area contributed by atoms with E-state index in [1.807, 2.05) is 13.8 Å². The quantitative estimate of drug-likeness (QED) is 0.0782. The molecule has 60 heavy (non-hydrogen) atoms. The molecule has 0 saturated carbocycles. The van der Waals surface area contributed by atoms with E-state index in [0.717, 1.165) is 0 Å². The highest BCUT2D eigenvalue weighted by Crippen LogP contribution is 2.40. The number of aryl methyl sites for hydroxylation is 3. The Balaban J connectivity index is 2.12. The highest BCUT2D eigenvalue weighted by molar-refractivity contribution is 6.16. The van der Waals surface area contributed by atoms with Crippen LogP contribution in [-0.2, 0) is 25.6 Å². The number of amides is 2. The molecule has 16 heteroatoms. The molecule has 0 aromatic carbocycles. The summed E-state index contributed by atoms with van der Waals surface area (Å²) in [5.41, 5.74) is 30.9. The van der Waals surface area contributed by atoms with E-state index in [4.69, 9.17) is 32.9 Å². The fourth-order valence-electron chi connectivity index (χ4n) is 7.71. The van der Waals surface area contributed by atoms with Crippen molar-refractivity contribution in [1.82, 2.24) is 19.9 Å². The Morgan fingerprint density at radius 3 is 1.75 bits per heavy atom. The normalized spacial score (nSPS) is 13.6. The number of carboxylic acids is 2. The van der Waals surface area contributed by atoms with Crippen LogP contribution in [0.25, 0.3) is 50.4 Å². The lowest BCUT2D eigenvalue weighted by Crippen LogP contribution is -2.33. The van der Waals surface area contributed by atoms with Crippen molar-refractivity contribution in [2.45, 2.75) is 91.1 Å². The zero-order valence-corrected chi connectivity index (χ0v) is 34.1. The minimum Gasteiger partial charge on any atom is -0.481 e. The third-order valence-electron chi connectivity index (χ3n) is 11.1. The van der Waals surface area contributed by atoms with E-state index in [-0.39, 0.29) is 79.4 Å². The second-order valence-corrected chi connectivity index (χ2v) is 15.0. The number of aromatic amines is 2. The average Bonchev–Trinajstić information content (AvgIpc) is 3.87. The molecular formula is C44H50N8O8. The van der Waals surface area contributed by atoms with Gasteiger partial charge >= 0.3 is 11.9 Å². The van der Waals surface area contributed by atoms with Gasteiger partial charge in [0.1, 0.15) is 0 Å². The maximum atomic E-state index is 14.8. The van der Waals surface area contributed by atoms with Crippen LogP contribution < -0.4 is 22.9 Å². The molecule has 0 aliphatic carbocycles. The summed E-state index contributed by atoms with van der Waals surface area (Å²) < 4.78 is 0. The fraction of sp³-hybridized carbons (Fsp3) is 0.318. The van der Waals surface area contributed by atoms with Crippen molar-refractivity contribution in [2.75, 3.05) is 0 Å². The van der Waals surface area contributed by atoms with E-state index in [9.17, 15) is 39.0 Å². The number of Topliss-reactive ketones (excluding diaryl/α,β-unsaturated/α-hetero) is 2. The molecule has 5 heterocycles. The first-order chi connectivity index (χ1) is 28.3. The Morgan fingerprint density at radius 2 is 1.22 bits per heavy atom. The molecule has 2 aliphatic rings. The van der Waals surface area contributed by atoms with Gasteiger partial charge in [-0.05, 0) is 98.9 Å². The molecule has 12 N–H and O–H groups in total. The second kappa shape index (κ2) is 18.0. The van der Waals surface area contributed by atoms with Gasteiger partial charge in [0.25, 0.3) is 0 Å². The largest absolute Gasteiger partial charge is 0.481 e. The van der Waals surface area contributed by atoms with Crippen LogP contribution in [0.3, 0.4) is 0 Å². The number of rotatable bonds is 18. The van der Waals surface area contributed by atoms with Gasteiger partial charge < -0.3 is 43.1 Å². The van der Waals surface area contributed by atoms with E-state index in [1.54, 1.807) is 32.1 Å². The second-order valence-electron chi connectivity index (χ2n) is 15.0. The lowest BCUT2D eigenvalue weighted by molar-refractivity contribution is -0.137. The van der Waals surface area contributed by atoms with E-state index in [2.05, 4.69) is 23.1 Å². The average molecular weight is 819 g/mol. The van der Waals surface area contributed by atoms with Crippen molar-refractivity contribution in [2.24, 2.45) is 22.9 Å². The summed E-state index contributed by atoms with van der Waals surface area (Å²) in [6.07, 6.45) is 2.16. The lowest BCUT2D eigenvalue weighted by Gasteiger charge is -2.12. The number of nitrogens with two attached hydrogens (primary N) is 4. The Bertz CT molecular complexity index is 2630. The smallest absolute Gasteiger partial charge is 0.303 e. The van der Waals surface area contributed by atoms with Gasteiger partial charge in [-0.15, -0.1) is 0 Å². The van der Waals surface area contributed by atoms with Gasteiger partial charge in [0.15, 0.2) is 11.6 Å². The molecule has 0 spiro atoms. The number of primary amides is 2. The van der Waals surface area contributed by atoms with Gasteiger partial charge in [-0.3, -0.25) is 28.8 Å². The molecule has 16 nitrogen and oxygen atoms in total. The summed E-state index contributed by atoms with van der Waals surface area (Å²) in [6.45, 7) is 15.1. The predicted molar refractivity (Wildman–Crippen MR) is 230 cm³/mol. The highest BCUT2D eigenvalue weighted by Gasteiger charge is 2.32. The number of aliphatic carboxylic acids is 2. The van der Waals surface area contributed by atoms with Crippen molar-refractivity contribution >= 4 is 85.8 Å². The molecule has 5 rings (SSSR count). The zero-order valence-electron chi connectivity index (χ0n) is 34.1. The lowest BCUT2D eigenvalue weighted by atomic mass is 9.92. The highest BCUT2D eigenvalue weighted by atomic mass is 16.4. The summed E-state index contributed by atoms with van der Waals surface area (Å²) >= 11 is 0. The van der Waals surface area contributed by atoms with Crippen LogP contribution in [0.2, 0.25) is 0 Å². The number of aromatic nitrogens is 4. The maximum absolute atomic E-state index is 14.8. The molecule has 0 radical (unpaired) electrons. The number of carbonyl (C=O) groups is 6. The van der Waals surface area contributed by atoms with Gasteiger partial charge in [-0.1, -0.05) is 25.3 Å². The van der Waals surface area contributed by atoms with E-state index < -0.39 is 47.4 Å². The van der Waals surface area contributed by atoms with Crippen LogP contribution in [0.1, 0.15) is 125 Å². The molecule has 0 fully saturated rings. The molecule has 314 valence electrons. The van der Waals surface area contributed by atoms with Crippen LogP contribution in [0, 0.1) is 13.8 Å². The number of allylic oxidation sites excluding steroid dienone is 5. The number of H-pyrrole nitrogens is 2. The third kappa shape index (κ3) is 8.79. The van der Waals surface area contributed by atoms with E-state index in [1.165, 1.54) is 6.08 Å². The van der Waals surface area contributed by atoms with Gasteiger partial charge in [-0.2, -0.15) is 0 Å². The molecule has 3 aromatic heterocycles. The third-order valence-corrected chi connectivity index (χ3v) is 11.1. The first kappa shape index (κ1) is 44.3. The summed E-state index contributed by atoms with van der Waals surface area (Å²) in [6, 6.07) is 1.01. The van der Waals surface area contributed by atoms with Crippen LogP contribution in [0.5, 0.6) is 0 Å². The maximum Gasteiger partial charge on any atom is 0.303 e. The number of hydrogen-bond donors (Lipinski definition) is 8. The molecule has 0 unspecified atom stereocenters.